The smallest absolute Gasteiger partial charge is 0.270 e. The Morgan fingerprint density at radius 2 is 1.88 bits per heavy atom. The van der Waals surface area contributed by atoms with Crippen molar-refractivity contribution in [3.05, 3.63) is 82.9 Å². The van der Waals surface area contributed by atoms with Gasteiger partial charge in [-0.1, -0.05) is 24.3 Å². The molecule has 32 heavy (non-hydrogen) atoms. The molecule has 4 heterocycles. The van der Waals surface area contributed by atoms with Gasteiger partial charge in [-0.3, -0.25) is 20.4 Å². The number of rotatable bonds is 5. The van der Waals surface area contributed by atoms with Crippen molar-refractivity contribution in [1.29, 1.82) is 0 Å². The Morgan fingerprint density at radius 3 is 2.69 bits per heavy atom. The predicted molar refractivity (Wildman–Crippen MR) is 124 cm³/mol. The number of hydrogen-bond donors (Lipinski definition) is 2. The highest BCUT2D eigenvalue weighted by atomic mass is 32.1. The normalized spacial score (nSPS) is 10.9. The molecule has 0 radical (unpaired) electrons. The van der Waals surface area contributed by atoms with E-state index in [2.05, 4.69) is 20.8 Å². The van der Waals surface area contributed by atoms with Crippen LogP contribution in [0, 0.1) is 0 Å². The fourth-order valence-corrected chi connectivity index (χ4v) is 4.85. The zero-order chi connectivity index (χ0) is 21.9. The lowest BCUT2D eigenvalue weighted by Crippen LogP contribution is -2.42. The van der Waals surface area contributed by atoms with Gasteiger partial charge in [0, 0.05) is 10.8 Å². The van der Waals surface area contributed by atoms with Crippen LogP contribution in [-0.2, 0) is 11.2 Å². The van der Waals surface area contributed by atoms with Crippen LogP contribution in [0.15, 0.2) is 76.0 Å². The summed E-state index contributed by atoms with van der Waals surface area (Å²) in [5.41, 5.74) is 7.20. The molecule has 0 aliphatic rings. The summed E-state index contributed by atoms with van der Waals surface area (Å²) in [5, 5.41) is 5.39. The standard InChI is InChI=1S/C23H16N4O3S2/c28-21(11-14-13-32-23(24-14)20-8-4-10-31-20)26-27-22(29)16-12-18(19-7-3-9-30-19)25-17-6-2-1-5-15(16)17/h1-10,12-13H,11H2,(H,26,28)(H,27,29). The predicted octanol–water partition coefficient (Wildman–Crippen LogP) is 4.68. The van der Waals surface area contributed by atoms with Crippen molar-refractivity contribution in [2.24, 2.45) is 0 Å². The highest BCUT2D eigenvalue weighted by Gasteiger charge is 2.16. The minimum atomic E-state index is -0.442. The summed E-state index contributed by atoms with van der Waals surface area (Å²) in [6, 6.07) is 16.5. The zero-order valence-electron chi connectivity index (χ0n) is 16.6. The molecule has 0 atom stereocenters. The number of amides is 2. The van der Waals surface area contributed by atoms with E-state index in [9.17, 15) is 9.59 Å². The molecule has 0 aliphatic carbocycles. The molecule has 7 nitrogen and oxygen atoms in total. The molecule has 2 amide bonds. The van der Waals surface area contributed by atoms with Gasteiger partial charge in [-0.15, -0.1) is 22.7 Å². The molecule has 0 unspecified atom stereocenters. The first kappa shape index (κ1) is 20.1. The topological polar surface area (TPSA) is 97.1 Å². The third kappa shape index (κ3) is 4.16. The van der Waals surface area contributed by atoms with E-state index in [-0.39, 0.29) is 12.3 Å². The second-order valence-corrected chi connectivity index (χ2v) is 8.66. The molecule has 0 saturated heterocycles. The lowest BCUT2D eigenvalue weighted by atomic mass is 10.1. The van der Waals surface area contributed by atoms with E-state index in [0.29, 0.717) is 33.6 Å². The lowest BCUT2D eigenvalue weighted by molar-refractivity contribution is -0.121. The van der Waals surface area contributed by atoms with E-state index < -0.39 is 5.91 Å². The number of carbonyl (C=O) groups is 2. The van der Waals surface area contributed by atoms with Crippen LogP contribution in [0.3, 0.4) is 0 Å². The Morgan fingerprint density at radius 1 is 0.969 bits per heavy atom. The number of thiazole rings is 1. The van der Waals surface area contributed by atoms with Crippen molar-refractivity contribution in [2.75, 3.05) is 0 Å². The quantitative estimate of drug-likeness (QED) is 0.371. The van der Waals surface area contributed by atoms with Crippen LogP contribution in [-0.4, -0.2) is 21.8 Å². The Kier molecular flexibility index (Phi) is 5.49. The van der Waals surface area contributed by atoms with Crippen molar-refractivity contribution in [2.45, 2.75) is 6.42 Å². The Balaban J connectivity index is 1.30. The third-order valence-electron chi connectivity index (χ3n) is 4.68. The van der Waals surface area contributed by atoms with Crippen LogP contribution < -0.4 is 10.9 Å². The monoisotopic (exact) mass is 460 g/mol. The maximum Gasteiger partial charge on any atom is 0.270 e. The number of nitrogens with zero attached hydrogens (tertiary/aromatic N) is 2. The number of hydrogen-bond acceptors (Lipinski definition) is 7. The number of pyridine rings is 1. The molecule has 158 valence electrons. The first-order valence-electron chi connectivity index (χ1n) is 9.68. The number of furan rings is 1. The highest BCUT2D eigenvalue weighted by Crippen LogP contribution is 2.28. The average molecular weight is 461 g/mol. The number of aromatic nitrogens is 2. The molecule has 2 N–H and O–H groups in total. The summed E-state index contributed by atoms with van der Waals surface area (Å²) in [6.07, 6.45) is 1.62. The van der Waals surface area contributed by atoms with E-state index in [1.807, 2.05) is 47.2 Å². The van der Waals surface area contributed by atoms with Crippen LogP contribution >= 0.6 is 22.7 Å². The summed E-state index contributed by atoms with van der Waals surface area (Å²) in [7, 11) is 0. The van der Waals surface area contributed by atoms with E-state index in [4.69, 9.17) is 4.42 Å². The Labute approximate surface area is 190 Å². The maximum absolute atomic E-state index is 12.9. The molecule has 0 bridgehead atoms. The average Bonchev–Trinajstić information content (AvgIpc) is 3.59. The molecule has 4 aromatic heterocycles. The number of carbonyl (C=O) groups excluding carboxylic acids is 2. The number of para-hydroxylation sites is 1. The highest BCUT2D eigenvalue weighted by molar-refractivity contribution is 7.20. The molecule has 5 rings (SSSR count). The van der Waals surface area contributed by atoms with Gasteiger partial charge < -0.3 is 4.42 Å². The molecule has 1 aromatic carbocycles. The largest absolute Gasteiger partial charge is 0.463 e. The maximum atomic E-state index is 12.9. The van der Waals surface area contributed by atoms with Crippen LogP contribution in [0.2, 0.25) is 0 Å². The van der Waals surface area contributed by atoms with E-state index in [0.717, 1.165) is 9.88 Å². The number of fused-ring (bicyclic) bond motifs is 1. The van der Waals surface area contributed by atoms with E-state index in [1.165, 1.54) is 11.3 Å². The second-order valence-electron chi connectivity index (χ2n) is 6.85. The molecule has 0 fully saturated rings. The summed E-state index contributed by atoms with van der Waals surface area (Å²) in [6.45, 7) is 0. The van der Waals surface area contributed by atoms with Crippen molar-refractivity contribution in [3.8, 4) is 21.3 Å². The number of nitrogens with one attached hydrogen (secondary N) is 2. The SMILES string of the molecule is O=C(Cc1csc(-c2cccs2)n1)NNC(=O)c1cc(-c2ccco2)nc2ccccc12. The Hall–Kier alpha value is -3.82. The fraction of sp³-hybridized carbons (Fsp3) is 0.0435. The third-order valence-corrected chi connectivity index (χ3v) is 6.61. The number of hydrazine groups is 1. The van der Waals surface area contributed by atoms with Gasteiger partial charge in [0.1, 0.15) is 10.7 Å². The van der Waals surface area contributed by atoms with Crippen LogP contribution in [0.25, 0.3) is 32.2 Å². The van der Waals surface area contributed by atoms with Gasteiger partial charge in [0.25, 0.3) is 5.91 Å². The molecule has 5 aromatic rings. The number of benzene rings is 1. The van der Waals surface area contributed by atoms with Crippen LogP contribution in [0.5, 0.6) is 0 Å². The first-order valence-corrected chi connectivity index (χ1v) is 11.4. The molecule has 0 aliphatic heterocycles. The van der Waals surface area contributed by atoms with Crippen LogP contribution in [0.4, 0.5) is 0 Å². The van der Waals surface area contributed by atoms with Gasteiger partial charge in [0.15, 0.2) is 5.76 Å². The minimum absolute atomic E-state index is 0.0664. The zero-order valence-corrected chi connectivity index (χ0v) is 18.2. The molecule has 0 spiro atoms. The van der Waals surface area contributed by atoms with Gasteiger partial charge >= 0.3 is 0 Å². The van der Waals surface area contributed by atoms with Gasteiger partial charge in [-0.2, -0.15) is 0 Å². The molecule has 9 heteroatoms. The van der Waals surface area contributed by atoms with Crippen molar-refractivity contribution < 1.29 is 14.0 Å². The minimum Gasteiger partial charge on any atom is -0.463 e. The summed E-state index contributed by atoms with van der Waals surface area (Å²) < 4.78 is 5.43. The molecular formula is C23H16N4O3S2. The first-order chi connectivity index (χ1) is 15.7. The van der Waals surface area contributed by atoms with E-state index >= 15 is 0 Å². The van der Waals surface area contributed by atoms with Crippen molar-refractivity contribution in [3.63, 3.8) is 0 Å². The van der Waals surface area contributed by atoms with Gasteiger partial charge in [0.05, 0.1) is 34.3 Å². The fourth-order valence-electron chi connectivity index (χ4n) is 3.22. The van der Waals surface area contributed by atoms with Gasteiger partial charge in [-0.25, -0.2) is 9.97 Å². The molecular weight excluding hydrogens is 444 g/mol. The van der Waals surface area contributed by atoms with Gasteiger partial charge in [-0.05, 0) is 35.7 Å². The summed E-state index contributed by atoms with van der Waals surface area (Å²) in [5.74, 6) is -0.243. The summed E-state index contributed by atoms with van der Waals surface area (Å²) >= 11 is 3.09. The second kappa shape index (κ2) is 8.74. The summed E-state index contributed by atoms with van der Waals surface area (Å²) in [4.78, 5) is 35.4. The molecule has 0 saturated carbocycles. The van der Waals surface area contributed by atoms with Crippen molar-refractivity contribution in [1.82, 2.24) is 20.8 Å². The lowest BCUT2D eigenvalue weighted by Gasteiger charge is -2.10. The Bertz CT molecular complexity index is 1390. The van der Waals surface area contributed by atoms with E-state index in [1.54, 1.807) is 35.8 Å². The number of thiophene rings is 1. The van der Waals surface area contributed by atoms with Crippen LogP contribution in [0.1, 0.15) is 16.1 Å². The van der Waals surface area contributed by atoms with Crippen molar-refractivity contribution >= 4 is 45.4 Å². The van der Waals surface area contributed by atoms with Gasteiger partial charge in [0.2, 0.25) is 5.91 Å².